The summed E-state index contributed by atoms with van der Waals surface area (Å²) >= 11 is 1.41. The fourth-order valence-corrected chi connectivity index (χ4v) is 4.33. The number of likely N-dealkylation sites (tertiary alicyclic amines) is 1. The number of carbonyl (C=O) groups excluding carboxylic acids is 2. The summed E-state index contributed by atoms with van der Waals surface area (Å²) in [4.78, 5) is 32.8. The minimum absolute atomic E-state index is 0.0446. The van der Waals surface area contributed by atoms with Crippen LogP contribution in [0.3, 0.4) is 0 Å². The van der Waals surface area contributed by atoms with E-state index >= 15 is 0 Å². The molecule has 1 aliphatic heterocycles. The summed E-state index contributed by atoms with van der Waals surface area (Å²) in [5.74, 6) is 0.846. The van der Waals surface area contributed by atoms with Crippen molar-refractivity contribution in [2.24, 2.45) is 7.05 Å². The predicted molar refractivity (Wildman–Crippen MR) is 99.7 cm³/mol. The second kappa shape index (κ2) is 6.99. The number of nitrogens with zero attached hydrogens (tertiary/aromatic N) is 4. The second-order valence-electron chi connectivity index (χ2n) is 6.41. The molecule has 1 saturated heterocycles. The summed E-state index contributed by atoms with van der Waals surface area (Å²) in [6.07, 6.45) is 4.71. The largest absolute Gasteiger partial charge is 0.448 e. The van der Waals surface area contributed by atoms with Gasteiger partial charge in [0.1, 0.15) is 11.6 Å². The smallest absolute Gasteiger partial charge is 0.276 e. The van der Waals surface area contributed by atoms with Gasteiger partial charge in [-0.05, 0) is 31.9 Å². The highest BCUT2D eigenvalue weighted by Crippen LogP contribution is 2.37. The van der Waals surface area contributed by atoms with E-state index in [1.54, 1.807) is 37.0 Å². The van der Waals surface area contributed by atoms with Gasteiger partial charge in [-0.2, -0.15) is 5.10 Å². The number of anilines is 1. The van der Waals surface area contributed by atoms with E-state index < -0.39 is 0 Å². The van der Waals surface area contributed by atoms with Crippen LogP contribution < -0.4 is 5.32 Å². The van der Waals surface area contributed by atoms with Crippen molar-refractivity contribution in [1.29, 1.82) is 0 Å². The Balaban J connectivity index is 1.52. The van der Waals surface area contributed by atoms with Crippen molar-refractivity contribution in [2.45, 2.75) is 25.8 Å². The molecule has 0 saturated carbocycles. The molecule has 0 unspecified atom stereocenters. The minimum Gasteiger partial charge on any atom is -0.448 e. The maximum atomic E-state index is 12.8. The van der Waals surface area contributed by atoms with Crippen LogP contribution in [-0.2, 0) is 7.05 Å². The van der Waals surface area contributed by atoms with E-state index in [9.17, 15) is 9.59 Å². The fourth-order valence-electron chi connectivity index (χ4n) is 3.28. The van der Waals surface area contributed by atoms with Crippen molar-refractivity contribution in [3.63, 3.8) is 0 Å². The molecule has 4 heterocycles. The fraction of sp³-hybridized carbons (Fsp3) is 0.333. The zero-order valence-electron chi connectivity index (χ0n) is 15.0. The van der Waals surface area contributed by atoms with Gasteiger partial charge in [0.15, 0.2) is 12.1 Å². The Morgan fingerprint density at radius 1 is 1.33 bits per heavy atom. The number of nitrogens with one attached hydrogen (secondary N) is 1. The Bertz CT molecular complexity index is 989. The quantitative estimate of drug-likeness (QED) is 0.745. The third kappa shape index (κ3) is 3.25. The molecular weight excluding hydrogens is 366 g/mol. The van der Waals surface area contributed by atoms with E-state index in [-0.39, 0.29) is 17.9 Å². The van der Waals surface area contributed by atoms with Crippen LogP contribution in [0.15, 0.2) is 35.2 Å². The number of amides is 2. The number of carbonyl (C=O) groups is 2. The third-order valence-corrected chi connectivity index (χ3v) is 5.89. The predicted octanol–water partition coefficient (Wildman–Crippen LogP) is 3.01. The van der Waals surface area contributed by atoms with Gasteiger partial charge in [0.25, 0.3) is 11.8 Å². The topological polar surface area (TPSA) is 93.3 Å². The van der Waals surface area contributed by atoms with Crippen LogP contribution in [0.1, 0.15) is 49.7 Å². The third-order valence-electron chi connectivity index (χ3n) is 4.70. The average Bonchev–Trinajstić information content (AvgIpc) is 3.41. The lowest BCUT2D eigenvalue weighted by atomic mass is 10.1. The molecule has 3 aromatic heterocycles. The van der Waals surface area contributed by atoms with E-state index in [1.807, 2.05) is 11.0 Å². The van der Waals surface area contributed by atoms with Crippen molar-refractivity contribution >= 4 is 29.0 Å². The molecule has 4 rings (SSSR count). The molecule has 0 radical (unpaired) electrons. The SMILES string of the molecule is Cc1ocnc1C(=O)N1CCC[C@@H]1c1ccc(C(=O)Nc2ccnn2C)s1. The number of aromatic nitrogens is 3. The minimum atomic E-state index is -0.182. The lowest BCUT2D eigenvalue weighted by Gasteiger charge is -2.23. The van der Waals surface area contributed by atoms with Crippen LogP contribution in [-0.4, -0.2) is 38.0 Å². The van der Waals surface area contributed by atoms with Gasteiger partial charge >= 0.3 is 0 Å². The van der Waals surface area contributed by atoms with Gasteiger partial charge in [0.2, 0.25) is 0 Å². The summed E-state index contributed by atoms with van der Waals surface area (Å²) in [7, 11) is 1.77. The molecule has 0 aromatic carbocycles. The summed E-state index contributed by atoms with van der Waals surface area (Å²) < 4.78 is 6.77. The Morgan fingerprint density at radius 2 is 2.19 bits per heavy atom. The van der Waals surface area contributed by atoms with Crippen LogP contribution >= 0.6 is 11.3 Å². The van der Waals surface area contributed by atoms with E-state index in [1.165, 1.54) is 17.7 Å². The number of rotatable bonds is 4. The van der Waals surface area contributed by atoms with Gasteiger partial charge in [0, 0.05) is 24.5 Å². The van der Waals surface area contributed by atoms with Crippen molar-refractivity contribution in [3.05, 3.63) is 52.0 Å². The van der Waals surface area contributed by atoms with E-state index in [2.05, 4.69) is 15.4 Å². The molecule has 8 nitrogen and oxygen atoms in total. The standard InChI is InChI=1S/C18H19N5O3S/c1-11-16(19-10-26-11)18(25)23-9-3-4-12(23)13-5-6-14(27-13)17(24)21-15-7-8-20-22(15)2/h5-8,10,12H,3-4,9H2,1-2H3,(H,21,24)/t12-/m1/s1. The first-order valence-corrected chi connectivity index (χ1v) is 9.46. The number of thiophene rings is 1. The van der Waals surface area contributed by atoms with E-state index in [0.29, 0.717) is 28.7 Å². The van der Waals surface area contributed by atoms with Crippen LogP contribution in [0.2, 0.25) is 0 Å². The lowest BCUT2D eigenvalue weighted by molar-refractivity contribution is 0.0730. The zero-order valence-corrected chi connectivity index (χ0v) is 15.8. The molecule has 3 aromatic rings. The van der Waals surface area contributed by atoms with Gasteiger partial charge in [-0.3, -0.25) is 14.3 Å². The molecule has 2 amide bonds. The highest BCUT2D eigenvalue weighted by atomic mass is 32.1. The van der Waals surface area contributed by atoms with Gasteiger partial charge in [0.05, 0.1) is 17.1 Å². The highest BCUT2D eigenvalue weighted by molar-refractivity contribution is 7.14. The molecular formula is C18H19N5O3S. The second-order valence-corrected chi connectivity index (χ2v) is 7.53. The molecule has 1 N–H and O–H groups in total. The molecule has 1 atom stereocenters. The van der Waals surface area contributed by atoms with Crippen molar-refractivity contribution in [1.82, 2.24) is 19.7 Å². The zero-order chi connectivity index (χ0) is 19.0. The molecule has 9 heteroatoms. The highest BCUT2D eigenvalue weighted by Gasteiger charge is 2.33. The Hall–Kier alpha value is -2.94. The summed E-state index contributed by atoms with van der Waals surface area (Å²) in [5, 5.41) is 6.88. The van der Waals surface area contributed by atoms with Crippen LogP contribution in [0.25, 0.3) is 0 Å². The van der Waals surface area contributed by atoms with Gasteiger partial charge in [-0.25, -0.2) is 4.98 Å². The van der Waals surface area contributed by atoms with Crippen molar-refractivity contribution < 1.29 is 14.0 Å². The number of hydrogen-bond donors (Lipinski definition) is 1. The van der Waals surface area contributed by atoms with Gasteiger partial charge < -0.3 is 14.6 Å². The Labute approximate surface area is 159 Å². The first-order chi connectivity index (χ1) is 13.0. The van der Waals surface area contributed by atoms with Gasteiger partial charge in [-0.15, -0.1) is 11.3 Å². The molecule has 0 aliphatic carbocycles. The monoisotopic (exact) mass is 385 g/mol. The Morgan fingerprint density at radius 3 is 2.89 bits per heavy atom. The van der Waals surface area contributed by atoms with E-state index in [4.69, 9.17) is 4.42 Å². The molecule has 0 bridgehead atoms. The number of hydrogen-bond acceptors (Lipinski definition) is 6. The van der Waals surface area contributed by atoms with Gasteiger partial charge in [-0.1, -0.05) is 0 Å². The molecule has 1 aliphatic rings. The first kappa shape index (κ1) is 17.5. The lowest BCUT2D eigenvalue weighted by Crippen LogP contribution is -2.30. The Kier molecular flexibility index (Phi) is 4.53. The van der Waals surface area contributed by atoms with Crippen LogP contribution in [0.4, 0.5) is 5.82 Å². The molecule has 27 heavy (non-hydrogen) atoms. The first-order valence-electron chi connectivity index (χ1n) is 8.64. The van der Waals surface area contributed by atoms with E-state index in [0.717, 1.165) is 17.7 Å². The molecule has 140 valence electrons. The maximum Gasteiger partial charge on any atom is 0.276 e. The summed E-state index contributed by atoms with van der Waals surface area (Å²) in [5.41, 5.74) is 0.354. The maximum absolute atomic E-state index is 12.8. The summed E-state index contributed by atoms with van der Waals surface area (Å²) in [6, 6.07) is 5.42. The number of oxazole rings is 1. The summed E-state index contributed by atoms with van der Waals surface area (Å²) in [6.45, 7) is 2.40. The van der Waals surface area contributed by atoms with Crippen LogP contribution in [0.5, 0.6) is 0 Å². The van der Waals surface area contributed by atoms with Crippen LogP contribution in [0, 0.1) is 6.92 Å². The average molecular weight is 385 g/mol. The molecule has 0 spiro atoms. The number of aryl methyl sites for hydroxylation is 2. The molecule has 1 fully saturated rings. The van der Waals surface area contributed by atoms with Crippen molar-refractivity contribution in [3.8, 4) is 0 Å². The normalized spacial score (nSPS) is 16.7. The van der Waals surface area contributed by atoms with Crippen molar-refractivity contribution in [2.75, 3.05) is 11.9 Å².